The molecule has 0 spiro atoms. The third kappa shape index (κ3) is 4.86. The van der Waals surface area contributed by atoms with Gasteiger partial charge >= 0.3 is 0 Å². The number of nitrogens with zero attached hydrogens (tertiary/aromatic N) is 3. The van der Waals surface area contributed by atoms with Crippen molar-refractivity contribution >= 4 is 21.6 Å². The smallest absolute Gasteiger partial charge is 0.215 e. The lowest BCUT2D eigenvalue weighted by Gasteiger charge is -2.14. The third-order valence-corrected chi connectivity index (χ3v) is 6.65. The van der Waals surface area contributed by atoms with Crippen LogP contribution in [0.4, 0.5) is 0 Å². The molecule has 0 radical (unpaired) electrons. The van der Waals surface area contributed by atoms with E-state index in [2.05, 4.69) is 9.71 Å². The van der Waals surface area contributed by atoms with Crippen LogP contribution in [0.3, 0.4) is 0 Å². The number of sulfonamides is 1. The van der Waals surface area contributed by atoms with Gasteiger partial charge in [-0.1, -0.05) is 29.8 Å². The number of benzene rings is 1. The third-order valence-electron chi connectivity index (χ3n) is 5.06. The summed E-state index contributed by atoms with van der Waals surface area (Å²) in [6.45, 7) is 0.780. The summed E-state index contributed by atoms with van der Waals surface area (Å²) < 4.78 is 29.5. The van der Waals surface area contributed by atoms with Crippen LogP contribution in [0.25, 0.3) is 11.4 Å². The van der Waals surface area contributed by atoms with Gasteiger partial charge in [-0.25, -0.2) is 13.1 Å². The topological polar surface area (TPSA) is 76.9 Å². The SMILES string of the molecule is O=S(=O)(Cc1cccc(Cl)c1)NCCn1nc(-c2ccccn2)c2c1CCCC2. The highest BCUT2D eigenvalue weighted by molar-refractivity contribution is 7.88. The Kier molecular flexibility index (Phi) is 5.99. The number of nitrogens with one attached hydrogen (secondary N) is 1. The summed E-state index contributed by atoms with van der Waals surface area (Å²) >= 11 is 5.95. The number of fused-ring (bicyclic) bond motifs is 1. The van der Waals surface area contributed by atoms with E-state index in [0.717, 1.165) is 37.1 Å². The minimum absolute atomic E-state index is 0.0933. The Labute approximate surface area is 176 Å². The molecule has 0 saturated carbocycles. The molecule has 8 heteroatoms. The maximum absolute atomic E-state index is 12.4. The van der Waals surface area contributed by atoms with Gasteiger partial charge in [0.25, 0.3) is 0 Å². The Bertz CT molecular complexity index is 1100. The summed E-state index contributed by atoms with van der Waals surface area (Å²) in [5.41, 5.74) is 4.90. The van der Waals surface area contributed by atoms with Crippen molar-refractivity contribution in [3.8, 4) is 11.4 Å². The average Bonchev–Trinajstić information content (AvgIpc) is 3.07. The molecule has 0 fully saturated rings. The van der Waals surface area contributed by atoms with Gasteiger partial charge in [-0.15, -0.1) is 0 Å². The molecule has 1 aromatic carbocycles. The first kappa shape index (κ1) is 20.1. The van der Waals surface area contributed by atoms with Gasteiger partial charge < -0.3 is 0 Å². The zero-order valence-corrected chi connectivity index (χ0v) is 17.6. The first-order valence-corrected chi connectivity index (χ1v) is 11.8. The molecule has 4 rings (SSSR count). The normalized spacial score (nSPS) is 14.0. The van der Waals surface area contributed by atoms with Crippen LogP contribution in [0.1, 0.15) is 29.7 Å². The van der Waals surface area contributed by atoms with E-state index in [-0.39, 0.29) is 5.75 Å². The molecule has 2 aromatic heterocycles. The number of halogens is 1. The summed E-state index contributed by atoms with van der Waals surface area (Å²) in [5.74, 6) is -0.0933. The van der Waals surface area contributed by atoms with E-state index in [1.165, 1.54) is 11.3 Å². The van der Waals surface area contributed by atoms with Crippen molar-refractivity contribution in [3.63, 3.8) is 0 Å². The van der Waals surface area contributed by atoms with E-state index in [0.29, 0.717) is 23.7 Å². The van der Waals surface area contributed by atoms with Crippen LogP contribution < -0.4 is 4.72 Å². The lowest BCUT2D eigenvalue weighted by molar-refractivity contribution is 0.538. The molecule has 0 unspecified atom stereocenters. The van der Waals surface area contributed by atoms with Crippen molar-refractivity contribution in [2.24, 2.45) is 0 Å². The van der Waals surface area contributed by atoms with E-state index >= 15 is 0 Å². The Morgan fingerprint density at radius 3 is 2.76 bits per heavy atom. The van der Waals surface area contributed by atoms with Crippen LogP contribution in [0.2, 0.25) is 5.02 Å². The molecule has 29 heavy (non-hydrogen) atoms. The van der Waals surface area contributed by atoms with Crippen molar-refractivity contribution in [1.82, 2.24) is 19.5 Å². The Morgan fingerprint density at radius 1 is 1.10 bits per heavy atom. The van der Waals surface area contributed by atoms with Crippen LogP contribution >= 0.6 is 11.6 Å². The molecule has 6 nitrogen and oxygen atoms in total. The summed E-state index contributed by atoms with van der Waals surface area (Å²) in [4.78, 5) is 4.45. The number of aromatic nitrogens is 3. The monoisotopic (exact) mass is 430 g/mol. The highest BCUT2D eigenvalue weighted by atomic mass is 35.5. The van der Waals surface area contributed by atoms with Crippen LogP contribution in [-0.2, 0) is 35.2 Å². The molecule has 0 atom stereocenters. The summed E-state index contributed by atoms with van der Waals surface area (Å²) in [6, 6.07) is 12.7. The zero-order chi connectivity index (χ0) is 20.3. The Hall–Kier alpha value is -2.22. The quantitative estimate of drug-likeness (QED) is 0.621. The summed E-state index contributed by atoms with van der Waals surface area (Å²) in [5, 5.41) is 5.31. The molecule has 1 N–H and O–H groups in total. The number of rotatable bonds is 7. The van der Waals surface area contributed by atoms with Gasteiger partial charge in [0.1, 0.15) is 5.69 Å². The van der Waals surface area contributed by atoms with Crippen molar-refractivity contribution in [2.45, 2.75) is 38.0 Å². The minimum Gasteiger partial charge on any atom is -0.267 e. The van der Waals surface area contributed by atoms with Crippen molar-refractivity contribution in [3.05, 3.63) is 70.5 Å². The Morgan fingerprint density at radius 2 is 1.97 bits per heavy atom. The van der Waals surface area contributed by atoms with Crippen LogP contribution in [0.15, 0.2) is 48.7 Å². The predicted molar refractivity (Wildman–Crippen MR) is 114 cm³/mol. The molecule has 0 saturated heterocycles. The number of hydrogen-bond donors (Lipinski definition) is 1. The van der Waals surface area contributed by atoms with Gasteiger partial charge in [0, 0.05) is 29.0 Å². The first-order chi connectivity index (χ1) is 14.0. The van der Waals surface area contributed by atoms with E-state index < -0.39 is 10.0 Å². The van der Waals surface area contributed by atoms with Gasteiger partial charge in [0.05, 0.1) is 18.0 Å². The lowest BCUT2D eigenvalue weighted by Crippen LogP contribution is -2.29. The van der Waals surface area contributed by atoms with Crippen molar-refractivity contribution < 1.29 is 8.42 Å². The van der Waals surface area contributed by atoms with E-state index in [9.17, 15) is 8.42 Å². The zero-order valence-electron chi connectivity index (χ0n) is 16.0. The fourth-order valence-electron chi connectivity index (χ4n) is 3.77. The molecule has 0 bridgehead atoms. The maximum atomic E-state index is 12.4. The van der Waals surface area contributed by atoms with Gasteiger partial charge in [-0.3, -0.25) is 9.67 Å². The van der Waals surface area contributed by atoms with Gasteiger partial charge in [0.15, 0.2) is 0 Å². The van der Waals surface area contributed by atoms with E-state index in [4.69, 9.17) is 16.7 Å². The van der Waals surface area contributed by atoms with Gasteiger partial charge in [-0.2, -0.15) is 5.10 Å². The molecule has 1 aliphatic carbocycles. The predicted octanol–water partition coefficient (Wildman–Crippen LogP) is 3.60. The van der Waals surface area contributed by atoms with Gasteiger partial charge in [-0.05, 0) is 55.5 Å². The largest absolute Gasteiger partial charge is 0.267 e. The molecule has 1 aliphatic rings. The first-order valence-electron chi connectivity index (χ1n) is 9.73. The van der Waals surface area contributed by atoms with Crippen LogP contribution in [0.5, 0.6) is 0 Å². The molecule has 152 valence electrons. The second-order valence-corrected chi connectivity index (χ2v) is 9.45. The maximum Gasteiger partial charge on any atom is 0.215 e. The standard InChI is InChI=1S/C21H23ClN4O2S/c22-17-7-5-6-16(14-17)15-29(27,28)24-12-13-26-20-10-2-1-8-18(20)21(25-26)19-9-3-4-11-23-19/h3-7,9,11,14,24H,1-2,8,10,12-13,15H2. The Balaban J connectivity index is 1.46. The van der Waals surface area contributed by atoms with Crippen LogP contribution in [-0.4, -0.2) is 29.7 Å². The van der Waals surface area contributed by atoms with E-state index in [1.54, 1.807) is 30.5 Å². The fraction of sp³-hybridized carbons (Fsp3) is 0.333. The molecule has 2 heterocycles. The van der Waals surface area contributed by atoms with E-state index in [1.807, 2.05) is 22.9 Å². The molecular weight excluding hydrogens is 408 g/mol. The lowest BCUT2D eigenvalue weighted by atomic mass is 9.95. The summed E-state index contributed by atoms with van der Waals surface area (Å²) in [7, 11) is -3.45. The average molecular weight is 431 g/mol. The highest BCUT2D eigenvalue weighted by Crippen LogP contribution is 2.30. The minimum atomic E-state index is -3.45. The van der Waals surface area contributed by atoms with Crippen LogP contribution in [0, 0.1) is 0 Å². The van der Waals surface area contributed by atoms with Gasteiger partial charge in [0.2, 0.25) is 10.0 Å². The second-order valence-electron chi connectivity index (χ2n) is 7.20. The second kappa shape index (κ2) is 8.65. The summed E-state index contributed by atoms with van der Waals surface area (Å²) in [6.07, 6.45) is 5.99. The molecule has 0 aliphatic heterocycles. The number of hydrogen-bond acceptors (Lipinski definition) is 4. The molecule has 0 amide bonds. The van der Waals surface area contributed by atoms with Crippen molar-refractivity contribution in [2.75, 3.05) is 6.54 Å². The molecule has 3 aromatic rings. The highest BCUT2D eigenvalue weighted by Gasteiger charge is 2.22. The number of pyridine rings is 1. The fourth-order valence-corrected chi connectivity index (χ4v) is 5.10. The molecular formula is C21H23ClN4O2S. The van der Waals surface area contributed by atoms with Crippen molar-refractivity contribution in [1.29, 1.82) is 0 Å².